The van der Waals surface area contributed by atoms with Gasteiger partial charge >= 0.3 is 0 Å². The van der Waals surface area contributed by atoms with Crippen LogP contribution in [0.2, 0.25) is 0 Å². The van der Waals surface area contributed by atoms with E-state index in [0.717, 1.165) is 90.6 Å². The van der Waals surface area contributed by atoms with Crippen LogP contribution in [0.15, 0.2) is 43.0 Å². The summed E-state index contributed by atoms with van der Waals surface area (Å²) in [6.07, 6.45) is 9.85. The van der Waals surface area contributed by atoms with Crippen LogP contribution in [0.1, 0.15) is 47.7 Å². The van der Waals surface area contributed by atoms with Crippen LogP contribution in [0.5, 0.6) is 0 Å². The molecule has 3 aliphatic rings. The first-order chi connectivity index (χ1) is 18.0. The molecule has 1 amide bonds. The highest BCUT2D eigenvalue weighted by Crippen LogP contribution is 2.36. The first-order valence-electron chi connectivity index (χ1n) is 13.5. The van der Waals surface area contributed by atoms with Crippen molar-refractivity contribution in [1.29, 1.82) is 0 Å². The SMILES string of the molecule is CN1CCC(c2ncnc3ccc(-c4c[nH]c5ncc(C(=O)N6C7CCC6CN(C)C7)cc45)cc23)CC1. The summed E-state index contributed by atoms with van der Waals surface area (Å²) in [6.45, 7) is 4.09. The number of carbonyl (C=O) groups is 1. The maximum Gasteiger partial charge on any atom is 0.256 e. The van der Waals surface area contributed by atoms with Gasteiger partial charge in [0.2, 0.25) is 0 Å². The lowest BCUT2D eigenvalue weighted by Crippen LogP contribution is -2.54. The molecule has 2 unspecified atom stereocenters. The number of H-pyrrole nitrogens is 1. The molecule has 8 heteroatoms. The summed E-state index contributed by atoms with van der Waals surface area (Å²) in [5.74, 6) is 0.559. The molecule has 3 aromatic heterocycles. The summed E-state index contributed by atoms with van der Waals surface area (Å²) in [5, 5.41) is 2.10. The third-order valence-corrected chi connectivity index (χ3v) is 8.76. The minimum Gasteiger partial charge on any atom is -0.346 e. The number of carbonyl (C=O) groups excluding carboxylic acids is 1. The normalized spacial score (nSPS) is 23.4. The lowest BCUT2D eigenvalue weighted by molar-refractivity contribution is 0.0472. The number of rotatable bonds is 3. The lowest BCUT2D eigenvalue weighted by atomic mass is 9.90. The standard InChI is InChI=1S/C29H33N7O/c1-34-9-7-18(8-10-34)27-24-11-19(3-6-26(24)32-17-33-27)25-14-31-28-23(25)12-20(13-30-28)29(37)36-21-4-5-22(36)16-35(2)15-21/h3,6,11-14,17-18,21-22H,4-5,7-10,15-16H2,1-2H3,(H,30,31). The Morgan fingerprint density at radius 3 is 2.49 bits per heavy atom. The molecular weight excluding hydrogens is 462 g/mol. The second-order valence-corrected chi connectivity index (χ2v) is 11.2. The van der Waals surface area contributed by atoms with Gasteiger partial charge in [-0.2, -0.15) is 0 Å². The van der Waals surface area contributed by atoms with Crippen LogP contribution in [0.25, 0.3) is 33.1 Å². The second-order valence-electron chi connectivity index (χ2n) is 11.2. The number of aromatic nitrogens is 4. The Balaban J connectivity index is 1.26. The Morgan fingerprint density at radius 1 is 0.919 bits per heavy atom. The van der Waals surface area contributed by atoms with Crippen LogP contribution in [0.3, 0.4) is 0 Å². The highest BCUT2D eigenvalue weighted by Gasteiger charge is 2.41. The number of nitrogens with zero attached hydrogens (tertiary/aromatic N) is 6. The van der Waals surface area contributed by atoms with Gasteiger partial charge < -0.3 is 19.7 Å². The number of hydrogen-bond acceptors (Lipinski definition) is 6. The summed E-state index contributed by atoms with van der Waals surface area (Å²) in [5.41, 5.74) is 5.75. The third-order valence-electron chi connectivity index (χ3n) is 8.76. The van der Waals surface area contributed by atoms with E-state index in [4.69, 9.17) is 4.98 Å². The molecule has 7 rings (SSSR count). The highest BCUT2D eigenvalue weighted by atomic mass is 16.2. The number of pyridine rings is 1. The lowest BCUT2D eigenvalue weighted by Gasteiger charge is -2.39. The van der Waals surface area contributed by atoms with Crippen molar-refractivity contribution in [3.8, 4) is 11.1 Å². The van der Waals surface area contributed by atoms with Crippen molar-refractivity contribution in [2.24, 2.45) is 0 Å². The van der Waals surface area contributed by atoms with Gasteiger partial charge in [0.1, 0.15) is 12.0 Å². The summed E-state index contributed by atoms with van der Waals surface area (Å²) in [4.78, 5) is 37.8. The number of aromatic amines is 1. The van der Waals surface area contributed by atoms with E-state index < -0.39 is 0 Å². The molecule has 2 bridgehead atoms. The fraction of sp³-hybridized carbons (Fsp3) is 0.448. The van der Waals surface area contributed by atoms with Crippen LogP contribution in [-0.4, -0.2) is 92.9 Å². The minimum atomic E-state index is 0.110. The molecule has 0 saturated carbocycles. The second kappa shape index (κ2) is 8.89. The molecule has 0 aliphatic carbocycles. The van der Waals surface area contributed by atoms with Crippen molar-refractivity contribution in [3.05, 3.63) is 54.2 Å². The van der Waals surface area contributed by atoms with Crippen molar-refractivity contribution < 1.29 is 4.79 Å². The average Bonchev–Trinajstić information content (AvgIpc) is 3.46. The number of benzene rings is 1. The van der Waals surface area contributed by atoms with Gasteiger partial charge in [-0.05, 0) is 76.6 Å². The molecule has 3 fully saturated rings. The molecule has 1 aromatic carbocycles. The van der Waals surface area contributed by atoms with Crippen LogP contribution in [0, 0.1) is 0 Å². The van der Waals surface area contributed by atoms with E-state index in [2.05, 4.69) is 61.9 Å². The van der Waals surface area contributed by atoms with E-state index in [1.807, 2.05) is 12.3 Å². The quantitative estimate of drug-likeness (QED) is 0.464. The number of likely N-dealkylation sites (tertiary alicyclic amines) is 2. The predicted molar refractivity (Wildman–Crippen MR) is 145 cm³/mol. The molecule has 6 heterocycles. The van der Waals surface area contributed by atoms with Crippen molar-refractivity contribution in [2.45, 2.75) is 43.7 Å². The Bertz CT molecular complexity index is 1470. The van der Waals surface area contributed by atoms with Crippen molar-refractivity contribution in [3.63, 3.8) is 0 Å². The van der Waals surface area contributed by atoms with Crippen LogP contribution < -0.4 is 0 Å². The zero-order valence-electron chi connectivity index (χ0n) is 21.5. The molecule has 3 saturated heterocycles. The molecule has 2 atom stereocenters. The maximum absolute atomic E-state index is 13.6. The van der Waals surface area contributed by atoms with Gasteiger partial charge in [0.25, 0.3) is 5.91 Å². The first-order valence-corrected chi connectivity index (χ1v) is 13.5. The highest BCUT2D eigenvalue weighted by molar-refractivity contribution is 6.02. The van der Waals surface area contributed by atoms with Gasteiger partial charge in [-0.15, -0.1) is 0 Å². The Kier molecular flexibility index (Phi) is 5.48. The average molecular weight is 496 g/mol. The number of nitrogens with one attached hydrogen (secondary N) is 1. The van der Waals surface area contributed by atoms with E-state index in [-0.39, 0.29) is 5.91 Å². The Morgan fingerprint density at radius 2 is 1.70 bits per heavy atom. The number of piperidine rings is 1. The molecule has 190 valence electrons. The Hall–Kier alpha value is -3.36. The molecule has 0 spiro atoms. The minimum absolute atomic E-state index is 0.110. The van der Waals surface area contributed by atoms with Gasteiger partial charge in [-0.25, -0.2) is 15.0 Å². The molecule has 8 nitrogen and oxygen atoms in total. The first kappa shape index (κ1) is 22.8. The molecule has 4 aromatic rings. The molecule has 0 radical (unpaired) electrons. The predicted octanol–water partition coefficient (Wildman–Crippen LogP) is 3.90. The van der Waals surface area contributed by atoms with Crippen molar-refractivity contribution >= 4 is 27.8 Å². The third kappa shape index (κ3) is 3.90. The van der Waals surface area contributed by atoms with E-state index in [1.54, 1.807) is 12.5 Å². The van der Waals surface area contributed by atoms with Crippen LogP contribution >= 0.6 is 0 Å². The number of piperazine rings is 1. The molecule has 3 aliphatic heterocycles. The maximum atomic E-state index is 13.6. The van der Waals surface area contributed by atoms with E-state index >= 15 is 0 Å². The van der Waals surface area contributed by atoms with Crippen molar-refractivity contribution in [1.82, 2.24) is 34.6 Å². The summed E-state index contributed by atoms with van der Waals surface area (Å²) < 4.78 is 0. The van der Waals surface area contributed by atoms with Crippen molar-refractivity contribution in [2.75, 3.05) is 40.3 Å². The van der Waals surface area contributed by atoms with E-state index in [9.17, 15) is 4.79 Å². The van der Waals surface area contributed by atoms with Gasteiger partial charge in [0.05, 0.1) is 16.8 Å². The smallest absolute Gasteiger partial charge is 0.256 e. The fourth-order valence-corrected chi connectivity index (χ4v) is 6.81. The number of hydrogen-bond donors (Lipinski definition) is 1. The Labute approximate surface area is 216 Å². The number of fused-ring (bicyclic) bond motifs is 4. The summed E-state index contributed by atoms with van der Waals surface area (Å²) in [7, 11) is 4.34. The van der Waals surface area contributed by atoms with Gasteiger partial charge in [0, 0.05) is 59.8 Å². The monoisotopic (exact) mass is 495 g/mol. The summed E-state index contributed by atoms with van der Waals surface area (Å²) >= 11 is 0. The summed E-state index contributed by atoms with van der Waals surface area (Å²) in [6, 6.07) is 9.06. The number of likely N-dealkylation sites (N-methyl/N-ethyl adjacent to an activating group) is 1. The van der Waals surface area contributed by atoms with Crippen LogP contribution in [-0.2, 0) is 0 Å². The largest absolute Gasteiger partial charge is 0.346 e. The van der Waals surface area contributed by atoms with Gasteiger partial charge in [-0.3, -0.25) is 4.79 Å². The zero-order valence-corrected chi connectivity index (χ0v) is 21.5. The molecule has 37 heavy (non-hydrogen) atoms. The molecular formula is C29H33N7O. The van der Waals surface area contributed by atoms with Gasteiger partial charge in [-0.1, -0.05) is 6.07 Å². The number of amides is 1. The van der Waals surface area contributed by atoms with Gasteiger partial charge in [0.15, 0.2) is 0 Å². The topological polar surface area (TPSA) is 81.2 Å². The van der Waals surface area contributed by atoms with Crippen LogP contribution in [0.4, 0.5) is 0 Å². The van der Waals surface area contributed by atoms with E-state index in [0.29, 0.717) is 23.6 Å². The fourth-order valence-electron chi connectivity index (χ4n) is 6.81. The zero-order chi connectivity index (χ0) is 25.1. The molecule has 1 N–H and O–H groups in total. The van der Waals surface area contributed by atoms with E-state index in [1.165, 1.54) is 0 Å².